The summed E-state index contributed by atoms with van der Waals surface area (Å²) in [6, 6.07) is 6.57. The molecule has 1 aromatic carbocycles. The van der Waals surface area contributed by atoms with Crippen LogP contribution in [-0.2, 0) is 22.7 Å². The lowest BCUT2D eigenvalue weighted by Gasteiger charge is -2.14. The number of aromatic nitrogens is 2. The molecule has 3 heterocycles. The van der Waals surface area contributed by atoms with Crippen LogP contribution in [0.3, 0.4) is 0 Å². The summed E-state index contributed by atoms with van der Waals surface area (Å²) in [6.07, 6.45) is -1.06. The fourth-order valence-corrected chi connectivity index (χ4v) is 3.55. The molecule has 0 saturated carbocycles. The molecule has 0 aliphatic carbocycles. The molecule has 4 rings (SSSR count). The zero-order valence-electron chi connectivity index (χ0n) is 16.8. The Bertz CT molecular complexity index is 1150. The Morgan fingerprint density at radius 1 is 1.31 bits per heavy atom. The second-order valence-corrected chi connectivity index (χ2v) is 6.66. The van der Waals surface area contributed by atoms with Gasteiger partial charge in [0, 0.05) is 35.3 Å². The summed E-state index contributed by atoms with van der Waals surface area (Å²) in [6.45, 7) is 5.98. The molecule has 1 atom stereocenters. The maximum atomic E-state index is 13.9. The lowest BCUT2D eigenvalue weighted by molar-refractivity contribution is -0.115. The van der Waals surface area contributed by atoms with E-state index < -0.39 is 6.10 Å². The van der Waals surface area contributed by atoms with Crippen molar-refractivity contribution in [3.05, 3.63) is 62.7 Å². The molecule has 29 heavy (non-hydrogen) atoms. The van der Waals surface area contributed by atoms with Gasteiger partial charge in [-0.2, -0.15) is 0 Å². The van der Waals surface area contributed by atoms with E-state index in [0.29, 0.717) is 35.3 Å². The van der Waals surface area contributed by atoms with Crippen molar-refractivity contribution >= 4 is 17.2 Å². The number of aryl methyl sites for hydroxylation is 1. The summed E-state index contributed by atoms with van der Waals surface area (Å²) >= 11 is 0. The number of carbonyl (C=O) groups excluding carboxylic acids is 1. The first-order valence-corrected chi connectivity index (χ1v) is 9.43. The molecule has 0 saturated heterocycles. The topological polar surface area (TPSA) is 81.4 Å². The zero-order chi connectivity index (χ0) is 21.3. The van der Waals surface area contributed by atoms with Crippen molar-refractivity contribution in [2.75, 3.05) is 7.11 Å². The first-order chi connectivity index (χ1) is 13.9. The van der Waals surface area contributed by atoms with Crippen LogP contribution < -0.4 is 5.56 Å². The number of hydrogen-bond donors (Lipinski definition) is 1. The summed E-state index contributed by atoms with van der Waals surface area (Å²) in [5.74, 6) is -0.349. The van der Waals surface area contributed by atoms with Crippen molar-refractivity contribution in [1.82, 2.24) is 9.55 Å². The molecule has 1 unspecified atom stereocenters. The number of pyridine rings is 2. The number of methoxy groups -OCH3 is 1. The highest BCUT2D eigenvalue weighted by molar-refractivity contribution is 5.84. The Balaban J connectivity index is 0.00000117. The van der Waals surface area contributed by atoms with E-state index >= 15 is 0 Å². The van der Waals surface area contributed by atoms with E-state index in [2.05, 4.69) is 4.98 Å². The van der Waals surface area contributed by atoms with Gasteiger partial charge in [-0.1, -0.05) is 13.8 Å². The van der Waals surface area contributed by atoms with E-state index in [1.165, 1.54) is 17.7 Å². The van der Waals surface area contributed by atoms with Crippen LogP contribution in [0.15, 0.2) is 29.1 Å². The van der Waals surface area contributed by atoms with Crippen molar-refractivity contribution in [3.8, 4) is 11.4 Å². The van der Waals surface area contributed by atoms with Crippen molar-refractivity contribution < 1.29 is 19.0 Å². The van der Waals surface area contributed by atoms with Gasteiger partial charge in [0.25, 0.3) is 5.56 Å². The molecular weight excluding hydrogens is 375 g/mol. The summed E-state index contributed by atoms with van der Waals surface area (Å²) in [7, 11) is 1.44. The summed E-state index contributed by atoms with van der Waals surface area (Å²) < 4.78 is 20.5. The number of carbonyl (C=O) groups is 1. The fraction of sp³-hybridized carbons (Fsp3) is 0.318. The number of aldehydes is 1. The number of nitrogens with zero attached hydrogens (tertiary/aromatic N) is 2. The van der Waals surface area contributed by atoms with E-state index in [9.17, 15) is 19.1 Å². The highest BCUT2D eigenvalue weighted by Gasteiger charge is 2.27. The Labute approximate surface area is 167 Å². The largest absolute Gasteiger partial charge is 0.381 e. The molecule has 2 aromatic heterocycles. The van der Waals surface area contributed by atoms with E-state index in [-0.39, 0.29) is 29.1 Å². The van der Waals surface area contributed by atoms with Gasteiger partial charge in [-0.25, -0.2) is 9.37 Å². The van der Waals surface area contributed by atoms with Crippen LogP contribution in [0.25, 0.3) is 22.3 Å². The Kier molecular flexibility index (Phi) is 5.91. The summed E-state index contributed by atoms with van der Waals surface area (Å²) in [4.78, 5) is 28.6. The minimum atomic E-state index is -1.43. The average Bonchev–Trinajstić information content (AvgIpc) is 3.08. The van der Waals surface area contributed by atoms with Gasteiger partial charge in [0.15, 0.2) is 6.29 Å². The van der Waals surface area contributed by atoms with Crippen molar-refractivity contribution in [2.45, 2.75) is 40.0 Å². The molecule has 0 amide bonds. The number of aliphatic hydroxyl groups excluding tert-OH is 1. The smallest absolute Gasteiger partial charge is 0.257 e. The molecule has 6 nitrogen and oxygen atoms in total. The standard InChI is InChI=1S/C20H17FN2O4.C2H6/c1-10-3-11-4-12-7-23-17(19(12)22-16(11)6-15(10)21)5-13(18(25)8-24)14(9-27-2)20(23)26;1-2/h3-6,8,18,25H,7,9H2,1-2H3;1-2H3. The van der Waals surface area contributed by atoms with Crippen LogP contribution in [0.1, 0.15) is 42.2 Å². The van der Waals surface area contributed by atoms with Crippen molar-refractivity contribution in [1.29, 1.82) is 0 Å². The van der Waals surface area contributed by atoms with Crippen molar-refractivity contribution in [3.63, 3.8) is 0 Å². The second-order valence-electron chi connectivity index (χ2n) is 6.66. The van der Waals surface area contributed by atoms with Crippen LogP contribution >= 0.6 is 0 Å². The van der Waals surface area contributed by atoms with Gasteiger partial charge in [-0.3, -0.25) is 4.79 Å². The van der Waals surface area contributed by atoms with E-state index in [1.54, 1.807) is 19.1 Å². The Morgan fingerprint density at radius 2 is 2.03 bits per heavy atom. The predicted octanol–water partition coefficient (Wildman–Crippen LogP) is 3.28. The first-order valence-electron chi connectivity index (χ1n) is 9.43. The monoisotopic (exact) mass is 398 g/mol. The normalized spacial score (nSPS) is 12.8. The SMILES string of the molecule is CC.COCc1c(C(O)C=O)cc2n(c1=O)Cc1cc3cc(C)c(F)cc3nc1-2. The van der Waals surface area contributed by atoms with Gasteiger partial charge < -0.3 is 19.2 Å². The molecular formula is C22H23FN2O4. The van der Waals surface area contributed by atoms with E-state index in [0.717, 1.165) is 10.9 Å². The van der Waals surface area contributed by atoms with Crippen LogP contribution in [0.4, 0.5) is 4.39 Å². The molecule has 1 aliphatic rings. The van der Waals surface area contributed by atoms with Crippen molar-refractivity contribution in [2.24, 2.45) is 0 Å². The lowest BCUT2D eigenvalue weighted by atomic mass is 10.0. The number of rotatable bonds is 4. The van der Waals surface area contributed by atoms with E-state index in [1.807, 2.05) is 19.9 Å². The molecule has 0 radical (unpaired) electrons. The zero-order valence-corrected chi connectivity index (χ0v) is 16.8. The molecule has 0 bridgehead atoms. The van der Waals surface area contributed by atoms with Gasteiger partial charge in [-0.15, -0.1) is 0 Å². The number of hydrogen-bond acceptors (Lipinski definition) is 5. The number of aliphatic hydroxyl groups is 1. The van der Waals surface area contributed by atoms with Crippen LogP contribution in [0.2, 0.25) is 0 Å². The summed E-state index contributed by atoms with van der Waals surface area (Å²) in [5.41, 5.74) is 2.97. The van der Waals surface area contributed by atoms with Crippen LogP contribution in [0, 0.1) is 12.7 Å². The predicted molar refractivity (Wildman–Crippen MR) is 108 cm³/mol. The average molecular weight is 398 g/mol. The molecule has 0 spiro atoms. The number of halogens is 1. The highest BCUT2D eigenvalue weighted by Crippen LogP contribution is 2.34. The van der Waals surface area contributed by atoms with Gasteiger partial charge in [0.1, 0.15) is 11.9 Å². The minimum absolute atomic E-state index is 0.0184. The number of benzene rings is 1. The Morgan fingerprint density at radius 3 is 2.69 bits per heavy atom. The van der Waals surface area contributed by atoms with E-state index in [4.69, 9.17) is 4.74 Å². The lowest BCUT2D eigenvalue weighted by Crippen LogP contribution is -2.26. The van der Waals surface area contributed by atoms with Gasteiger partial charge in [0.2, 0.25) is 0 Å². The molecule has 152 valence electrons. The van der Waals surface area contributed by atoms with Crippen LogP contribution in [0.5, 0.6) is 0 Å². The first kappa shape index (κ1) is 20.8. The summed E-state index contributed by atoms with van der Waals surface area (Å²) in [5, 5.41) is 10.8. The second kappa shape index (κ2) is 8.23. The highest BCUT2D eigenvalue weighted by atomic mass is 19.1. The van der Waals surface area contributed by atoms with Gasteiger partial charge in [-0.05, 0) is 30.7 Å². The maximum absolute atomic E-state index is 13.9. The minimum Gasteiger partial charge on any atom is -0.381 e. The quantitative estimate of drug-likeness (QED) is 0.534. The molecule has 0 fully saturated rings. The molecule has 7 heteroatoms. The number of fused-ring (bicyclic) bond motifs is 4. The Hall–Kier alpha value is -2.90. The third-order valence-corrected chi connectivity index (χ3v) is 4.92. The molecule has 1 N–H and O–H groups in total. The maximum Gasteiger partial charge on any atom is 0.257 e. The van der Waals surface area contributed by atoms with Gasteiger partial charge >= 0.3 is 0 Å². The van der Waals surface area contributed by atoms with Crippen LogP contribution in [-0.4, -0.2) is 28.1 Å². The third kappa shape index (κ3) is 3.47. The third-order valence-electron chi connectivity index (χ3n) is 4.92. The van der Waals surface area contributed by atoms with Gasteiger partial charge in [0.05, 0.1) is 30.1 Å². The fourth-order valence-electron chi connectivity index (χ4n) is 3.55. The number of ether oxygens (including phenoxy) is 1. The molecule has 3 aromatic rings. The molecule has 1 aliphatic heterocycles.